The standard InChI is InChI=1S/C11H10Cl3NO4S/c12-6-4-7(13)10(8(14)5-6)20(17,18)19-11(16)9-2-1-3-15-9/h4-5,9,15H,1-3H2/t9-/m0/s1. The van der Waals surface area contributed by atoms with Crippen LogP contribution >= 0.6 is 34.8 Å². The number of halogens is 3. The molecular weight excluding hydrogens is 349 g/mol. The number of carbonyl (C=O) groups is 1. The summed E-state index contributed by atoms with van der Waals surface area (Å²) in [5.41, 5.74) is 0. The molecule has 1 heterocycles. The number of carbonyl (C=O) groups excluding carboxylic acids is 1. The first-order valence-electron chi connectivity index (χ1n) is 5.67. The van der Waals surface area contributed by atoms with Gasteiger partial charge in [0, 0.05) is 5.02 Å². The molecule has 20 heavy (non-hydrogen) atoms. The molecule has 110 valence electrons. The van der Waals surface area contributed by atoms with E-state index in [2.05, 4.69) is 9.50 Å². The van der Waals surface area contributed by atoms with E-state index in [4.69, 9.17) is 34.8 Å². The highest BCUT2D eigenvalue weighted by atomic mass is 35.5. The van der Waals surface area contributed by atoms with E-state index < -0.39 is 27.0 Å². The van der Waals surface area contributed by atoms with Gasteiger partial charge in [-0.15, -0.1) is 0 Å². The molecule has 1 saturated heterocycles. The summed E-state index contributed by atoms with van der Waals surface area (Å²) in [7, 11) is -4.39. The van der Waals surface area contributed by atoms with Crippen molar-refractivity contribution in [3.8, 4) is 0 Å². The molecule has 1 atom stereocenters. The second-order valence-corrected chi connectivity index (χ2v) is 6.94. The summed E-state index contributed by atoms with van der Waals surface area (Å²) in [4.78, 5) is 11.3. The molecule has 0 radical (unpaired) electrons. The molecule has 1 aromatic carbocycles. The van der Waals surface area contributed by atoms with Gasteiger partial charge in [0.2, 0.25) is 0 Å². The zero-order chi connectivity index (χ0) is 14.9. The molecule has 1 fully saturated rings. The van der Waals surface area contributed by atoms with E-state index in [1.165, 1.54) is 12.1 Å². The summed E-state index contributed by atoms with van der Waals surface area (Å²) in [5.74, 6) is -0.871. The van der Waals surface area contributed by atoms with Gasteiger partial charge in [0.05, 0.1) is 10.0 Å². The van der Waals surface area contributed by atoms with Crippen LogP contribution in [0.4, 0.5) is 0 Å². The van der Waals surface area contributed by atoms with Gasteiger partial charge in [-0.1, -0.05) is 34.8 Å². The fourth-order valence-electron chi connectivity index (χ4n) is 1.86. The summed E-state index contributed by atoms with van der Waals surface area (Å²) in [5, 5.41) is 2.63. The van der Waals surface area contributed by atoms with Crippen molar-refractivity contribution in [1.82, 2.24) is 5.32 Å². The first-order chi connectivity index (χ1) is 9.31. The molecule has 0 bridgehead atoms. The van der Waals surface area contributed by atoms with Gasteiger partial charge in [-0.25, -0.2) is 4.79 Å². The van der Waals surface area contributed by atoms with E-state index in [-0.39, 0.29) is 15.1 Å². The zero-order valence-corrected chi connectivity index (χ0v) is 13.1. The lowest BCUT2D eigenvalue weighted by Crippen LogP contribution is -2.33. The van der Waals surface area contributed by atoms with Crippen LogP contribution in [0.15, 0.2) is 17.0 Å². The molecule has 1 N–H and O–H groups in total. The monoisotopic (exact) mass is 357 g/mol. The lowest BCUT2D eigenvalue weighted by Gasteiger charge is -2.12. The Kier molecular flexibility index (Phi) is 4.81. The molecule has 1 aliphatic heterocycles. The normalized spacial score (nSPS) is 19.1. The average Bonchev–Trinajstić information content (AvgIpc) is 2.78. The van der Waals surface area contributed by atoms with Crippen LogP contribution in [0.2, 0.25) is 15.1 Å². The molecule has 5 nitrogen and oxygen atoms in total. The first kappa shape index (κ1) is 15.9. The molecule has 1 aliphatic rings. The molecule has 9 heteroatoms. The predicted molar refractivity (Wildman–Crippen MR) is 75.8 cm³/mol. The minimum atomic E-state index is -4.39. The molecule has 0 spiro atoms. The van der Waals surface area contributed by atoms with Gasteiger partial charge < -0.3 is 9.50 Å². The van der Waals surface area contributed by atoms with Crippen LogP contribution in [0.25, 0.3) is 0 Å². The van der Waals surface area contributed by atoms with Crippen molar-refractivity contribution < 1.29 is 17.4 Å². The topological polar surface area (TPSA) is 72.5 Å². The fourth-order valence-corrected chi connectivity index (χ4v) is 4.26. The Balaban J connectivity index is 2.29. The minimum absolute atomic E-state index is 0.183. The van der Waals surface area contributed by atoms with Crippen molar-refractivity contribution >= 4 is 50.9 Å². The van der Waals surface area contributed by atoms with Gasteiger partial charge in [0.15, 0.2) is 0 Å². The van der Waals surface area contributed by atoms with Crippen molar-refractivity contribution in [1.29, 1.82) is 0 Å². The van der Waals surface area contributed by atoms with Crippen LogP contribution in [0.3, 0.4) is 0 Å². The van der Waals surface area contributed by atoms with Crippen LogP contribution in [0.5, 0.6) is 0 Å². The predicted octanol–water partition coefficient (Wildman–Crippen LogP) is 2.63. The lowest BCUT2D eigenvalue weighted by atomic mass is 10.2. The Labute approximate surface area is 131 Å². The Morgan fingerprint density at radius 3 is 2.35 bits per heavy atom. The molecule has 0 aliphatic carbocycles. The maximum absolute atomic E-state index is 12.1. The molecule has 2 rings (SSSR count). The van der Waals surface area contributed by atoms with Crippen LogP contribution < -0.4 is 5.32 Å². The summed E-state index contributed by atoms with van der Waals surface area (Å²) >= 11 is 17.3. The fraction of sp³-hybridized carbons (Fsp3) is 0.364. The smallest absolute Gasteiger partial charge is 0.340 e. The van der Waals surface area contributed by atoms with Crippen molar-refractivity contribution in [2.45, 2.75) is 23.8 Å². The molecular formula is C11H10Cl3NO4S. The Hall–Kier alpha value is -0.530. The molecule has 0 aromatic heterocycles. The van der Waals surface area contributed by atoms with Crippen molar-refractivity contribution in [2.24, 2.45) is 0 Å². The largest absolute Gasteiger partial charge is 0.344 e. The van der Waals surface area contributed by atoms with E-state index in [1.54, 1.807) is 0 Å². The third-order valence-corrected chi connectivity index (χ3v) is 5.11. The molecule has 0 saturated carbocycles. The van der Waals surface area contributed by atoms with Crippen molar-refractivity contribution in [2.75, 3.05) is 6.54 Å². The number of rotatable bonds is 3. The average molecular weight is 359 g/mol. The lowest BCUT2D eigenvalue weighted by molar-refractivity contribution is -0.135. The number of benzene rings is 1. The highest BCUT2D eigenvalue weighted by Crippen LogP contribution is 2.34. The van der Waals surface area contributed by atoms with Gasteiger partial charge in [-0.3, -0.25) is 0 Å². The Morgan fingerprint density at radius 2 is 1.85 bits per heavy atom. The van der Waals surface area contributed by atoms with E-state index in [9.17, 15) is 13.2 Å². The summed E-state index contributed by atoms with van der Waals surface area (Å²) in [6, 6.07) is 1.79. The molecule has 0 amide bonds. The minimum Gasteiger partial charge on any atom is -0.340 e. The quantitative estimate of drug-likeness (QED) is 0.841. The third kappa shape index (κ3) is 3.38. The van der Waals surface area contributed by atoms with E-state index >= 15 is 0 Å². The van der Waals surface area contributed by atoms with Gasteiger partial charge in [0.25, 0.3) is 0 Å². The van der Waals surface area contributed by atoms with E-state index in [0.717, 1.165) is 6.42 Å². The molecule has 1 aromatic rings. The Bertz CT molecular complexity index is 618. The number of hydrogen-bond acceptors (Lipinski definition) is 5. The van der Waals surface area contributed by atoms with E-state index in [1.807, 2.05) is 0 Å². The maximum atomic E-state index is 12.1. The van der Waals surface area contributed by atoms with Crippen molar-refractivity contribution in [3.05, 3.63) is 27.2 Å². The Morgan fingerprint density at radius 1 is 1.25 bits per heavy atom. The second-order valence-electron chi connectivity index (χ2n) is 4.20. The summed E-state index contributed by atoms with van der Waals surface area (Å²) < 4.78 is 28.7. The highest BCUT2D eigenvalue weighted by Gasteiger charge is 2.31. The van der Waals surface area contributed by atoms with Crippen LogP contribution in [0.1, 0.15) is 12.8 Å². The summed E-state index contributed by atoms with van der Waals surface area (Å²) in [6.45, 7) is 0.641. The number of hydrogen-bond donors (Lipinski definition) is 1. The van der Waals surface area contributed by atoms with Crippen molar-refractivity contribution in [3.63, 3.8) is 0 Å². The van der Waals surface area contributed by atoms with Crippen LogP contribution in [-0.4, -0.2) is 27.0 Å². The maximum Gasteiger partial charge on any atom is 0.344 e. The highest BCUT2D eigenvalue weighted by molar-refractivity contribution is 7.87. The van der Waals surface area contributed by atoms with Gasteiger partial charge >= 0.3 is 16.1 Å². The summed E-state index contributed by atoms with van der Waals surface area (Å²) in [6.07, 6.45) is 1.30. The second kappa shape index (κ2) is 6.07. The first-order valence-corrected chi connectivity index (χ1v) is 8.22. The zero-order valence-electron chi connectivity index (χ0n) is 10.0. The third-order valence-electron chi connectivity index (χ3n) is 2.75. The molecule has 0 unspecified atom stereocenters. The van der Waals surface area contributed by atoms with Gasteiger partial charge in [0.1, 0.15) is 10.9 Å². The number of nitrogens with one attached hydrogen (secondary N) is 1. The van der Waals surface area contributed by atoms with Gasteiger partial charge in [-0.05, 0) is 31.5 Å². The SMILES string of the molecule is O=C(OS(=O)(=O)c1c(Cl)cc(Cl)cc1Cl)[C@@H]1CCCN1. The van der Waals surface area contributed by atoms with Crippen LogP contribution in [0, 0.1) is 0 Å². The van der Waals surface area contributed by atoms with Crippen LogP contribution in [-0.2, 0) is 19.1 Å². The van der Waals surface area contributed by atoms with E-state index in [0.29, 0.717) is 13.0 Å². The van der Waals surface area contributed by atoms with Gasteiger partial charge in [-0.2, -0.15) is 8.42 Å².